The fourth-order valence-electron chi connectivity index (χ4n) is 3.41. The number of nitrogens with one attached hydrogen (secondary N) is 1. The molecule has 0 saturated carbocycles. The molecule has 9 nitrogen and oxygen atoms in total. The molecule has 2 aromatic carbocycles. The van der Waals surface area contributed by atoms with Crippen LogP contribution in [0.4, 0.5) is 13.2 Å². The molecule has 0 unspecified atom stereocenters. The van der Waals surface area contributed by atoms with Gasteiger partial charge in [-0.15, -0.1) is 13.2 Å². The molecule has 1 fully saturated rings. The van der Waals surface area contributed by atoms with Crippen LogP contribution in [-0.2, 0) is 21.0 Å². The van der Waals surface area contributed by atoms with Gasteiger partial charge in [0.15, 0.2) is 11.9 Å². The average molecular weight is 515 g/mol. The van der Waals surface area contributed by atoms with Gasteiger partial charge in [-0.1, -0.05) is 41.0 Å². The number of likely N-dealkylation sites (tertiary alicyclic amines) is 1. The summed E-state index contributed by atoms with van der Waals surface area (Å²) in [5.74, 6) is -1.75. The van der Waals surface area contributed by atoms with Gasteiger partial charge in [0.1, 0.15) is 18.9 Å². The SMILES string of the molecule is CO/N=C(\N)c1ccc(CNC(=O)[C@@H]2CCN2C(=O)[C@H](O)c2cc(Cl)cc(OC(F)(F)F)c2)cc1. The number of amides is 2. The normalized spacial score (nSPS) is 16.8. The molecule has 2 atom stereocenters. The van der Waals surface area contributed by atoms with Crippen molar-refractivity contribution in [2.45, 2.75) is 31.5 Å². The van der Waals surface area contributed by atoms with E-state index in [1.165, 1.54) is 7.11 Å². The number of rotatable bonds is 8. The van der Waals surface area contributed by atoms with E-state index in [4.69, 9.17) is 17.3 Å². The smallest absolute Gasteiger partial charge is 0.406 e. The summed E-state index contributed by atoms with van der Waals surface area (Å²) < 4.78 is 41.4. The Hall–Kier alpha value is -3.51. The minimum atomic E-state index is -4.97. The van der Waals surface area contributed by atoms with Crippen LogP contribution in [-0.4, -0.2) is 53.7 Å². The van der Waals surface area contributed by atoms with E-state index < -0.39 is 36.1 Å². The fraction of sp³-hybridized carbons (Fsp3) is 0.318. The molecular weight excluding hydrogens is 493 g/mol. The Morgan fingerprint density at radius 3 is 2.54 bits per heavy atom. The lowest BCUT2D eigenvalue weighted by atomic mass is 9.98. The van der Waals surface area contributed by atoms with E-state index in [1.54, 1.807) is 24.3 Å². The average Bonchev–Trinajstić information content (AvgIpc) is 2.75. The van der Waals surface area contributed by atoms with Crippen molar-refractivity contribution in [1.29, 1.82) is 0 Å². The maximum Gasteiger partial charge on any atom is 0.573 e. The van der Waals surface area contributed by atoms with E-state index in [1.807, 2.05) is 0 Å². The first-order valence-electron chi connectivity index (χ1n) is 10.3. The highest BCUT2D eigenvalue weighted by Crippen LogP contribution is 2.31. The second-order valence-corrected chi connectivity index (χ2v) is 8.02. The molecular formula is C22H22ClF3N4O5. The molecule has 1 saturated heterocycles. The molecule has 35 heavy (non-hydrogen) atoms. The summed E-state index contributed by atoms with van der Waals surface area (Å²) in [6.45, 7) is 0.376. The minimum absolute atomic E-state index is 0.159. The zero-order chi connectivity index (χ0) is 25.8. The predicted molar refractivity (Wildman–Crippen MR) is 119 cm³/mol. The topological polar surface area (TPSA) is 126 Å². The van der Waals surface area contributed by atoms with Crippen LogP contribution >= 0.6 is 11.6 Å². The summed E-state index contributed by atoms with van der Waals surface area (Å²) in [4.78, 5) is 31.1. The number of carbonyl (C=O) groups is 2. The first kappa shape index (κ1) is 26.1. The van der Waals surface area contributed by atoms with Crippen LogP contribution in [0.1, 0.15) is 29.2 Å². The maximum atomic E-state index is 12.7. The lowest BCUT2D eigenvalue weighted by Crippen LogP contribution is -2.59. The standard InChI is InChI=1S/C22H22ClF3N4O5/c1-34-29-19(27)13-4-2-12(3-5-13)11-28-20(32)17-6-7-30(17)21(33)18(31)14-8-15(23)10-16(9-14)35-22(24,25)26/h2-5,8-10,17-18,31H,6-7,11H2,1H3,(H2,27,29)(H,28,32)/t17-,18+/m0/s1. The van der Waals surface area contributed by atoms with Gasteiger partial charge in [-0.25, -0.2) is 0 Å². The molecule has 0 aliphatic carbocycles. The summed E-state index contributed by atoms with van der Waals surface area (Å²) in [5, 5.41) is 16.6. The summed E-state index contributed by atoms with van der Waals surface area (Å²) in [7, 11) is 1.37. The Balaban J connectivity index is 1.60. The van der Waals surface area contributed by atoms with Gasteiger partial charge in [-0.05, 0) is 35.7 Å². The van der Waals surface area contributed by atoms with Crippen molar-refractivity contribution in [2.24, 2.45) is 10.9 Å². The number of carbonyl (C=O) groups excluding carboxylic acids is 2. The Morgan fingerprint density at radius 2 is 1.97 bits per heavy atom. The monoisotopic (exact) mass is 514 g/mol. The van der Waals surface area contributed by atoms with Gasteiger partial charge in [-0.3, -0.25) is 9.59 Å². The number of benzene rings is 2. The molecule has 1 aliphatic rings. The summed E-state index contributed by atoms with van der Waals surface area (Å²) in [5.41, 5.74) is 6.94. The van der Waals surface area contributed by atoms with Crippen molar-refractivity contribution < 1.29 is 37.4 Å². The van der Waals surface area contributed by atoms with Crippen LogP contribution in [0.5, 0.6) is 5.75 Å². The van der Waals surface area contributed by atoms with Crippen LogP contribution in [0.3, 0.4) is 0 Å². The third-order valence-electron chi connectivity index (χ3n) is 5.19. The minimum Gasteiger partial charge on any atom is -0.406 e. The molecule has 0 aromatic heterocycles. The first-order chi connectivity index (χ1) is 16.5. The van der Waals surface area contributed by atoms with Crippen LogP contribution in [0.25, 0.3) is 0 Å². The van der Waals surface area contributed by atoms with Crippen molar-refractivity contribution in [3.63, 3.8) is 0 Å². The number of aliphatic hydroxyl groups excluding tert-OH is 1. The molecule has 0 radical (unpaired) electrons. The molecule has 0 bridgehead atoms. The number of amidine groups is 1. The zero-order valence-corrected chi connectivity index (χ0v) is 19.1. The van der Waals surface area contributed by atoms with Gasteiger partial charge in [0.25, 0.3) is 5.91 Å². The first-order valence-corrected chi connectivity index (χ1v) is 10.6. The van der Waals surface area contributed by atoms with E-state index >= 15 is 0 Å². The molecule has 188 valence electrons. The molecule has 2 aromatic rings. The number of aliphatic hydroxyl groups is 1. The van der Waals surface area contributed by atoms with E-state index in [9.17, 15) is 27.9 Å². The number of oxime groups is 1. The molecule has 4 N–H and O–H groups in total. The fourth-order valence-corrected chi connectivity index (χ4v) is 3.64. The van der Waals surface area contributed by atoms with Crippen molar-refractivity contribution in [3.05, 3.63) is 64.2 Å². The van der Waals surface area contributed by atoms with E-state index in [0.717, 1.165) is 28.7 Å². The number of alkyl halides is 3. The van der Waals surface area contributed by atoms with Gasteiger partial charge in [-0.2, -0.15) is 0 Å². The highest BCUT2D eigenvalue weighted by molar-refractivity contribution is 6.30. The van der Waals surface area contributed by atoms with Gasteiger partial charge in [0.05, 0.1) is 0 Å². The number of nitrogens with two attached hydrogens (primary N) is 1. The van der Waals surface area contributed by atoms with Crippen molar-refractivity contribution in [1.82, 2.24) is 10.2 Å². The molecule has 0 spiro atoms. The largest absolute Gasteiger partial charge is 0.573 e. The third kappa shape index (κ3) is 6.76. The predicted octanol–water partition coefficient (Wildman–Crippen LogP) is 2.46. The molecule has 13 heteroatoms. The van der Waals surface area contributed by atoms with E-state index in [-0.39, 0.29) is 29.5 Å². The summed E-state index contributed by atoms with van der Waals surface area (Å²) in [6.07, 6.45) is -6.43. The molecule has 1 heterocycles. The number of ether oxygens (including phenoxy) is 1. The van der Waals surface area contributed by atoms with E-state index in [2.05, 4.69) is 20.0 Å². The highest BCUT2D eigenvalue weighted by atomic mass is 35.5. The Kier molecular flexibility index (Phi) is 8.07. The molecule has 1 aliphatic heterocycles. The number of hydrogen-bond acceptors (Lipinski definition) is 6. The van der Waals surface area contributed by atoms with Crippen molar-refractivity contribution in [2.75, 3.05) is 13.7 Å². The lowest BCUT2D eigenvalue weighted by Gasteiger charge is -2.40. The van der Waals surface area contributed by atoms with Crippen molar-refractivity contribution >= 4 is 29.3 Å². The zero-order valence-electron chi connectivity index (χ0n) is 18.4. The number of halogens is 4. The Labute approximate surface area is 203 Å². The van der Waals surface area contributed by atoms with Crippen LogP contribution < -0.4 is 15.8 Å². The lowest BCUT2D eigenvalue weighted by molar-refractivity contribution is -0.274. The van der Waals surface area contributed by atoms with Gasteiger partial charge < -0.3 is 30.6 Å². The van der Waals surface area contributed by atoms with Gasteiger partial charge in [0, 0.05) is 23.7 Å². The second kappa shape index (κ2) is 10.8. The van der Waals surface area contributed by atoms with Crippen LogP contribution in [0.15, 0.2) is 47.6 Å². The maximum absolute atomic E-state index is 12.7. The molecule has 3 rings (SSSR count). The number of nitrogens with zero attached hydrogens (tertiary/aromatic N) is 2. The quantitative estimate of drug-likeness (QED) is 0.282. The second-order valence-electron chi connectivity index (χ2n) is 7.58. The van der Waals surface area contributed by atoms with Gasteiger partial charge >= 0.3 is 6.36 Å². The van der Waals surface area contributed by atoms with Crippen LogP contribution in [0.2, 0.25) is 5.02 Å². The Bertz CT molecular complexity index is 1110. The summed E-state index contributed by atoms with van der Waals surface area (Å²) >= 11 is 5.81. The molecule has 2 amide bonds. The summed E-state index contributed by atoms with van der Waals surface area (Å²) in [6, 6.07) is 8.97. The van der Waals surface area contributed by atoms with Crippen LogP contribution in [0, 0.1) is 0 Å². The number of hydrogen-bond donors (Lipinski definition) is 3. The van der Waals surface area contributed by atoms with E-state index in [0.29, 0.717) is 12.0 Å². The van der Waals surface area contributed by atoms with Crippen molar-refractivity contribution in [3.8, 4) is 5.75 Å². The highest BCUT2D eigenvalue weighted by Gasteiger charge is 2.40. The Morgan fingerprint density at radius 1 is 1.29 bits per heavy atom. The van der Waals surface area contributed by atoms with Gasteiger partial charge in [0.2, 0.25) is 5.91 Å². The third-order valence-corrected chi connectivity index (χ3v) is 5.41.